The third kappa shape index (κ3) is 1.99. The van der Waals surface area contributed by atoms with Crippen LogP contribution in [0.15, 0.2) is 42.6 Å². The molecule has 20 heavy (non-hydrogen) atoms. The molecule has 3 nitrogen and oxygen atoms in total. The molecule has 1 unspecified atom stereocenters. The van der Waals surface area contributed by atoms with Crippen molar-refractivity contribution in [2.45, 2.75) is 25.9 Å². The molecule has 3 heteroatoms. The summed E-state index contributed by atoms with van der Waals surface area (Å²) in [6.45, 7) is 1.90. The Hall–Kier alpha value is -2.18. The van der Waals surface area contributed by atoms with Crippen LogP contribution in [0, 0.1) is 23.7 Å². The van der Waals surface area contributed by atoms with Gasteiger partial charge in [-0.25, -0.2) is 0 Å². The zero-order valence-corrected chi connectivity index (χ0v) is 11.4. The van der Waals surface area contributed by atoms with Gasteiger partial charge in [0.2, 0.25) is 0 Å². The van der Waals surface area contributed by atoms with Gasteiger partial charge >= 0.3 is 0 Å². The van der Waals surface area contributed by atoms with Crippen LogP contribution in [0.5, 0.6) is 0 Å². The third-order valence-electron chi connectivity index (χ3n) is 4.13. The number of aryl methyl sites for hydroxylation is 1. The van der Waals surface area contributed by atoms with E-state index in [4.69, 9.17) is 0 Å². The minimum absolute atomic E-state index is 0.592. The first-order valence-electron chi connectivity index (χ1n) is 6.73. The second kappa shape index (κ2) is 4.73. The number of aromatic nitrogens is 1. The van der Waals surface area contributed by atoms with Crippen LogP contribution >= 0.6 is 0 Å². The van der Waals surface area contributed by atoms with Gasteiger partial charge < -0.3 is 5.11 Å². The van der Waals surface area contributed by atoms with E-state index >= 15 is 0 Å². The molecule has 100 valence electrons. The molecule has 0 amide bonds. The van der Waals surface area contributed by atoms with Crippen LogP contribution in [0.4, 0.5) is 0 Å². The van der Waals surface area contributed by atoms with E-state index in [0.717, 1.165) is 16.8 Å². The largest absolute Gasteiger partial charge is 0.387 e. The molecule has 0 bridgehead atoms. The fraction of sp³-hybridized carbons (Fsp3) is 0.294. The maximum Gasteiger partial charge on any atom is 0.0997 e. The van der Waals surface area contributed by atoms with E-state index in [1.165, 1.54) is 0 Å². The van der Waals surface area contributed by atoms with Crippen LogP contribution in [-0.2, 0) is 12.8 Å². The molecule has 1 aromatic heterocycles. The maximum absolute atomic E-state index is 10.7. The predicted molar refractivity (Wildman–Crippen MR) is 75.8 cm³/mol. The second-order valence-electron chi connectivity index (χ2n) is 5.53. The van der Waals surface area contributed by atoms with E-state index in [-0.39, 0.29) is 0 Å². The maximum atomic E-state index is 10.7. The van der Waals surface area contributed by atoms with E-state index in [0.29, 0.717) is 18.4 Å². The number of aliphatic hydroxyl groups is 1. The minimum atomic E-state index is -0.812. The van der Waals surface area contributed by atoms with E-state index < -0.39 is 11.5 Å². The van der Waals surface area contributed by atoms with Gasteiger partial charge in [0.15, 0.2) is 0 Å². The molecule has 1 N–H and O–H groups in total. The van der Waals surface area contributed by atoms with Gasteiger partial charge in [-0.1, -0.05) is 30.3 Å². The van der Waals surface area contributed by atoms with Crippen molar-refractivity contribution in [2.24, 2.45) is 5.41 Å². The topological polar surface area (TPSA) is 56.9 Å². The molecule has 3 rings (SSSR count). The highest BCUT2D eigenvalue weighted by molar-refractivity contribution is 5.39. The number of benzene rings is 1. The smallest absolute Gasteiger partial charge is 0.0997 e. The fourth-order valence-corrected chi connectivity index (χ4v) is 2.94. The number of nitrogens with zero attached hydrogens (tertiary/aromatic N) is 2. The Bertz CT molecular complexity index is 645. The van der Waals surface area contributed by atoms with Gasteiger partial charge in [0, 0.05) is 17.5 Å². The number of hydrogen-bond donors (Lipinski definition) is 1. The highest BCUT2D eigenvalue weighted by Gasteiger charge is 2.44. The number of aliphatic hydroxyl groups excluding tert-OH is 1. The highest BCUT2D eigenvalue weighted by Crippen LogP contribution is 2.45. The summed E-state index contributed by atoms with van der Waals surface area (Å²) in [5.41, 5.74) is 3.16. The molecule has 1 aliphatic rings. The number of pyridine rings is 1. The molecule has 0 spiro atoms. The molecular weight excluding hydrogens is 248 g/mol. The van der Waals surface area contributed by atoms with Crippen LogP contribution < -0.4 is 0 Å². The Morgan fingerprint density at radius 2 is 1.85 bits per heavy atom. The van der Waals surface area contributed by atoms with Crippen molar-refractivity contribution in [3.05, 3.63) is 65.0 Å². The van der Waals surface area contributed by atoms with Crippen molar-refractivity contribution in [1.82, 2.24) is 4.98 Å². The summed E-state index contributed by atoms with van der Waals surface area (Å²) in [7, 11) is 0. The van der Waals surface area contributed by atoms with Gasteiger partial charge in [0.25, 0.3) is 0 Å². The summed E-state index contributed by atoms with van der Waals surface area (Å²) in [6.07, 6.45) is 2.04. The molecule has 1 aliphatic carbocycles. The average molecular weight is 264 g/mol. The molecule has 0 aliphatic heterocycles. The standard InChI is InChI=1S/C17H16N2O/c1-12-6-7-15(10-19-12)16(20)17(11-18)8-13-4-2-3-5-14(13)9-17/h2-7,10,16,20H,8-9H2,1H3. The van der Waals surface area contributed by atoms with Gasteiger partial charge in [0.1, 0.15) is 0 Å². The van der Waals surface area contributed by atoms with Gasteiger partial charge in [-0.2, -0.15) is 5.26 Å². The van der Waals surface area contributed by atoms with Gasteiger partial charge in [0.05, 0.1) is 17.6 Å². The zero-order valence-electron chi connectivity index (χ0n) is 11.4. The molecule has 0 saturated carbocycles. The number of nitriles is 1. The monoisotopic (exact) mass is 264 g/mol. The van der Waals surface area contributed by atoms with Crippen LogP contribution in [0.1, 0.15) is 28.5 Å². The van der Waals surface area contributed by atoms with Crippen LogP contribution in [0.25, 0.3) is 0 Å². The quantitative estimate of drug-likeness (QED) is 0.907. The summed E-state index contributed by atoms with van der Waals surface area (Å²) < 4.78 is 0. The van der Waals surface area contributed by atoms with Crippen LogP contribution in [-0.4, -0.2) is 10.1 Å². The first kappa shape index (κ1) is 12.8. The average Bonchev–Trinajstić information content (AvgIpc) is 2.87. The summed E-state index contributed by atoms with van der Waals surface area (Å²) in [4.78, 5) is 4.22. The molecule has 2 aromatic rings. The Labute approximate surface area is 118 Å². The Morgan fingerprint density at radius 3 is 2.35 bits per heavy atom. The van der Waals surface area contributed by atoms with Gasteiger partial charge in [-0.3, -0.25) is 4.98 Å². The number of rotatable bonds is 2. The van der Waals surface area contributed by atoms with E-state index in [9.17, 15) is 10.4 Å². The van der Waals surface area contributed by atoms with Gasteiger partial charge in [-0.05, 0) is 37.0 Å². The molecule has 0 saturated heterocycles. The van der Waals surface area contributed by atoms with E-state index in [1.54, 1.807) is 6.20 Å². The highest BCUT2D eigenvalue weighted by atomic mass is 16.3. The van der Waals surface area contributed by atoms with Crippen molar-refractivity contribution >= 4 is 0 Å². The third-order valence-corrected chi connectivity index (χ3v) is 4.13. The number of fused-ring (bicyclic) bond motifs is 1. The van der Waals surface area contributed by atoms with E-state index in [2.05, 4.69) is 11.1 Å². The van der Waals surface area contributed by atoms with E-state index in [1.807, 2.05) is 43.3 Å². The molecular formula is C17H16N2O. The van der Waals surface area contributed by atoms with Crippen molar-refractivity contribution < 1.29 is 5.11 Å². The lowest BCUT2D eigenvalue weighted by Gasteiger charge is -2.27. The molecule has 1 heterocycles. The van der Waals surface area contributed by atoms with Crippen LogP contribution in [0.2, 0.25) is 0 Å². The number of hydrogen-bond acceptors (Lipinski definition) is 3. The molecule has 0 radical (unpaired) electrons. The lowest BCUT2D eigenvalue weighted by molar-refractivity contribution is 0.0690. The normalized spacial score (nSPS) is 17.2. The first-order chi connectivity index (χ1) is 9.64. The Morgan fingerprint density at radius 1 is 1.20 bits per heavy atom. The van der Waals surface area contributed by atoms with Crippen molar-refractivity contribution in [3.63, 3.8) is 0 Å². The van der Waals surface area contributed by atoms with Crippen molar-refractivity contribution in [1.29, 1.82) is 5.26 Å². The SMILES string of the molecule is Cc1ccc(C(O)C2(C#N)Cc3ccccc3C2)cn1. The van der Waals surface area contributed by atoms with Gasteiger partial charge in [-0.15, -0.1) is 0 Å². The lowest BCUT2D eigenvalue weighted by atomic mass is 9.78. The molecule has 0 fully saturated rings. The Balaban J connectivity index is 1.96. The predicted octanol–water partition coefficient (Wildman–Crippen LogP) is 2.73. The summed E-state index contributed by atoms with van der Waals surface area (Å²) in [5, 5.41) is 20.3. The zero-order chi connectivity index (χ0) is 14.2. The fourth-order valence-electron chi connectivity index (χ4n) is 2.94. The summed E-state index contributed by atoms with van der Waals surface area (Å²) in [6, 6.07) is 14.1. The van der Waals surface area contributed by atoms with Crippen LogP contribution in [0.3, 0.4) is 0 Å². The first-order valence-corrected chi connectivity index (χ1v) is 6.73. The lowest BCUT2D eigenvalue weighted by Crippen LogP contribution is -2.28. The molecule has 1 atom stereocenters. The second-order valence-corrected chi connectivity index (χ2v) is 5.53. The molecule has 1 aromatic carbocycles. The minimum Gasteiger partial charge on any atom is -0.387 e. The van der Waals surface area contributed by atoms with Crippen molar-refractivity contribution in [3.8, 4) is 6.07 Å². The summed E-state index contributed by atoms with van der Waals surface area (Å²) >= 11 is 0. The van der Waals surface area contributed by atoms with Crippen molar-refractivity contribution in [2.75, 3.05) is 0 Å². The Kier molecular flexibility index (Phi) is 3.04. The summed E-state index contributed by atoms with van der Waals surface area (Å²) in [5.74, 6) is 0.